The monoisotopic (exact) mass is 716 g/mol. The van der Waals surface area contributed by atoms with E-state index in [1.165, 1.54) is 0 Å². The highest BCUT2D eigenvalue weighted by Crippen LogP contribution is 2.34. The number of rotatable bonds is 13. The van der Waals surface area contributed by atoms with Crippen molar-refractivity contribution >= 4 is 5.91 Å². The number of ether oxygens (including phenoxy) is 6. The van der Waals surface area contributed by atoms with Crippen LogP contribution in [0.4, 0.5) is 0 Å². The summed E-state index contributed by atoms with van der Waals surface area (Å²) in [5.41, 5.74) is 29.8. The van der Waals surface area contributed by atoms with E-state index in [0.717, 1.165) is 0 Å². The first-order valence-corrected chi connectivity index (χ1v) is 16.1. The Morgan fingerprint density at radius 3 is 1.76 bits per heavy atom. The van der Waals surface area contributed by atoms with E-state index in [-0.39, 0.29) is 25.9 Å². The second-order valence-electron chi connectivity index (χ2n) is 12.8. The molecule has 4 fully saturated rings. The van der Waals surface area contributed by atoms with E-state index in [1.807, 2.05) is 0 Å². The Labute approximate surface area is 280 Å². The molecule has 3 heterocycles. The van der Waals surface area contributed by atoms with Gasteiger partial charge in [-0.15, -0.1) is 0 Å². The van der Waals surface area contributed by atoms with Crippen molar-refractivity contribution in [3.05, 3.63) is 0 Å². The Hall–Kier alpha value is -1.33. The number of nitrogens with two attached hydrogens (primary N) is 5. The fraction of sp³-hybridized carbons (Fsp3) is 0.963. The maximum absolute atomic E-state index is 12.1. The zero-order valence-electron chi connectivity index (χ0n) is 26.6. The topological polar surface area (TPSA) is 397 Å². The van der Waals surface area contributed by atoms with E-state index in [4.69, 9.17) is 57.1 Å². The molecule has 3 saturated heterocycles. The normalized spacial score (nSPS) is 48.3. The molecule has 286 valence electrons. The number of hydrogen-bond donors (Lipinski definition) is 15. The molecule has 4 aliphatic rings. The van der Waals surface area contributed by atoms with Crippen LogP contribution in [0.15, 0.2) is 0 Å². The molecular weight excluding hydrogens is 664 g/mol. The number of nitrogens with one attached hydrogen (secondary N) is 1. The average Bonchev–Trinajstić information content (AvgIpc) is 3.37. The van der Waals surface area contributed by atoms with Crippen molar-refractivity contribution in [1.29, 1.82) is 0 Å². The van der Waals surface area contributed by atoms with E-state index in [0.29, 0.717) is 0 Å². The van der Waals surface area contributed by atoms with Crippen LogP contribution in [0.5, 0.6) is 0 Å². The molecule has 1 aliphatic carbocycles. The number of carbonyl (C=O) groups is 1. The lowest BCUT2D eigenvalue weighted by Crippen LogP contribution is -2.68. The van der Waals surface area contributed by atoms with Gasteiger partial charge in [0.05, 0.1) is 31.4 Å². The van der Waals surface area contributed by atoms with Gasteiger partial charge in [0, 0.05) is 18.6 Å². The summed E-state index contributed by atoms with van der Waals surface area (Å²) in [4.78, 5) is 12.1. The molecule has 22 nitrogen and oxygen atoms in total. The Morgan fingerprint density at radius 1 is 0.673 bits per heavy atom. The van der Waals surface area contributed by atoms with Crippen LogP contribution in [0.1, 0.15) is 12.8 Å². The first-order valence-electron chi connectivity index (χ1n) is 16.1. The summed E-state index contributed by atoms with van der Waals surface area (Å²) in [5.74, 6) is -0.798. The van der Waals surface area contributed by atoms with Gasteiger partial charge < -0.3 is 108 Å². The summed E-state index contributed by atoms with van der Waals surface area (Å²) in [6.45, 7) is -1.75. The lowest BCUT2D eigenvalue weighted by atomic mass is 9.84. The highest BCUT2D eigenvalue weighted by atomic mass is 16.8. The Morgan fingerprint density at radius 2 is 1.18 bits per heavy atom. The molecule has 0 aromatic rings. The molecule has 4 rings (SSSR count). The fourth-order valence-corrected chi connectivity index (χ4v) is 6.28. The van der Waals surface area contributed by atoms with Crippen LogP contribution < -0.4 is 34.0 Å². The van der Waals surface area contributed by atoms with Crippen molar-refractivity contribution in [3.8, 4) is 0 Å². The SMILES string of the molecule is NCC[C@H](O)C(=O)NC[C@@H]1O[C@H](O[C@H]2[C@@H](O)[C@H](O[C@@H]3[C@@H](O)[C@H](N)C[C@H](N)[C@H]3O[C@H]3O[C@H](CO)[C@@H](O)[C@H](O)[C@H]3N)O[C@@H]2CO)[C@H](N)[C@@H](O)[C@@H]1O. The van der Waals surface area contributed by atoms with Gasteiger partial charge in [-0.25, -0.2) is 0 Å². The molecule has 49 heavy (non-hydrogen) atoms. The summed E-state index contributed by atoms with van der Waals surface area (Å²) in [7, 11) is 0. The molecule has 0 unspecified atom stereocenters. The first-order chi connectivity index (χ1) is 23.1. The predicted octanol–water partition coefficient (Wildman–Crippen LogP) is -9.99. The van der Waals surface area contributed by atoms with Gasteiger partial charge in [-0.05, 0) is 19.4 Å². The van der Waals surface area contributed by atoms with E-state index in [2.05, 4.69) is 5.32 Å². The molecule has 20 atom stereocenters. The van der Waals surface area contributed by atoms with Crippen molar-refractivity contribution in [2.24, 2.45) is 28.7 Å². The van der Waals surface area contributed by atoms with Gasteiger partial charge in [-0.1, -0.05) is 0 Å². The second-order valence-corrected chi connectivity index (χ2v) is 12.8. The maximum atomic E-state index is 12.1. The standard InChI is InChI=1S/C27H52N6O16/c28-2-1-9(36)24(43)33-4-10-16(38)18(40)13(31)25(44-10)48-22-12(6-35)46-27(20(22)42)49-23-15(37)7(29)3-8(30)21(23)47-26-14(32)19(41)17(39)11(5-34)45-26/h7-23,25-27,34-42H,1-6,28-32H2,(H,33,43)/t7-,8+,9+,10+,11-,12-,13-,14-,15+,16-,17-,18-,19-,20-,21-,22-,23-,25-,26-,27+/m1/s1. The minimum atomic E-state index is -1.72. The molecule has 0 radical (unpaired) electrons. The van der Waals surface area contributed by atoms with Gasteiger partial charge in [0.25, 0.3) is 0 Å². The lowest BCUT2D eigenvalue weighted by Gasteiger charge is -2.47. The zero-order valence-corrected chi connectivity index (χ0v) is 26.6. The van der Waals surface area contributed by atoms with Crippen LogP contribution in [-0.4, -0.2) is 201 Å². The second kappa shape index (κ2) is 17.5. The van der Waals surface area contributed by atoms with Gasteiger partial charge in [-0.2, -0.15) is 0 Å². The van der Waals surface area contributed by atoms with Crippen LogP contribution >= 0.6 is 0 Å². The third-order valence-electron chi connectivity index (χ3n) is 9.31. The van der Waals surface area contributed by atoms with Crippen LogP contribution in [0, 0.1) is 0 Å². The number of amides is 1. The molecule has 0 aromatic carbocycles. The predicted molar refractivity (Wildman–Crippen MR) is 160 cm³/mol. The largest absolute Gasteiger partial charge is 0.394 e. The molecular formula is C27H52N6O16. The number of hydrogen-bond acceptors (Lipinski definition) is 21. The molecule has 3 aliphatic heterocycles. The highest BCUT2D eigenvalue weighted by molar-refractivity contribution is 5.80. The van der Waals surface area contributed by atoms with E-state index in [9.17, 15) is 50.8 Å². The van der Waals surface area contributed by atoms with Crippen molar-refractivity contribution < 1.29 is 79.2 Å². The summed E-state index contributed by atoms with van der Waals surface area (Å²) in [6.07, 6.45) is -23.5. The van der Waals surface area contributed by atoms with E-state index in [1.54, 1.807) is 0 Å². The summed E-state index contributed by atoms with van der Waals surface area (Å²) < 4.78 is 34.7. The van der Waals surface area contributed by atoms with Crippen molar-refractivity contribution in [3.63, 3.8) is 0 Å². The molecule has 0 aromatic heterocycles. The third-order valence-corrected chi connectivity index (χ3v) is 9.31. The van der Waals surface area contributed by atoms with Gasteiger partial charge in [-0.3, -0.25) is 4.79 Å². The Balaban J connectivity index is 1.46. The van der Waals surface area contributed by atoms with E-state index >= 15 is 0 Å². The molecule has 1 saturated carbocycles. The lowest BCUT2D eigenvalue weighted by molar-refractivity contribution is -0.310. The molecule has 0 spiro atoms. The summed E-state index contributed by atoms with van der Waals surface area (Å²) >= 11 is 0. The Bertz CT molecular complexity index is 1060. The zero-order chi connectivity index (χ0) is 36.3. The molecule has 22 heteroatoms. The average molecular weight is 717 g/mol. The number of aliphatic hydroxyl groups is 9. The van der Waals surface area contributed by atoms with Gasteiger partial charge in [0.2, 0.25) is 5.91 Å². The maximum Gasteiger partial charge on any atom is 0.248 e. The highest BCUT2D eigenvalue weighted by Gasteiger charge is 2.54. The van der Waals surface area contributed by atoms with Crippen LogP contribution in [-0.2, 0) is 33.2 Å². The van der Waals surface area contributed by atoms with E-state index < -0.39 is 142 Å². The van der Waals surface area contributed by atoms with Crippen molar-refractivity contribution in [2.75, 3.05) is 26.3 Å². The van der Waals surface area contributed by atoms with Crippen molar-refractivity contribution in [1.82, 2.24) is 5.32 Å². The van der Waals surface area contributed by atoms with Crippen LogP contribution in [0.3, 0.4) is 0 Å². The minimum Gasteiger partial charge on any atom is -0.394 e. The van der Waals surface area contributed by atoms with Gasteiger partial charge in [0.1, 0.15) is 73.2 Å². The Kier molecular flexibility index (Phi) is 14.4. The quantitative estimate of drug-likeness (QED) is 0.0841. The summed E-state index contributed by atoms with van der Waals surface area (Å²) in [6, 6.07) is -4.56. The first kappa shape index (κ1) is 40.4. The summed E-state index contributed by atoms with van der Waals surface area (Å²) in [5, 5.41) is 95.8. The van der Waals surface area contributed by atoms with Crippen LogP contribution in [0.25, 0.3) is 0 Å². The fourth-order valence-electron chi connectivity index (χ4n) is 6.28. The third kappa shape index (κ3) is 8.83. The molecule has 1 amide bonds. The molecule has 20 N–H and O–H groups in total. The smallest absolute Gasteiger partial charge is 0.248 e. The number of aliphatic hydroxyl groups excluding tert-OH is 9. The minimum absolute atomic E-state index is 0.0214. The van der Waals surface area contributed by atoms with Crippen LogP contribution in [0.2, 0.25) is 0 Å². The van der Waals surface area contributed by atoms with Gasteiger partial charge >= 0.3 is 0 Å². The molecule has 0 bridgehead atoms. The van der Waals surface area contributed by atoms with Gasteiger partial charge in [0.15, 0.2) is 18.9 Å². The van der Waals surface area contributed by atoms with Crippen molar-refractivity contribution in [2.45, 2.75) is 135 Å². The number of carbonyl (C=O) groups excluding carboxylic acids is 1.